The summed E-state index contributed by atoms with van der Waals surface area (Å²) in [6, 6.07) is 4.04. The third kappa shape index (κ3) is 3.77. The first kappa shape index (κ1) is 18.5. The van der Waals surface area contributed by atoms with Crippen molar-refractivity contribution in [1.29, 1.82) is 0 Å². The van der Waals surface area contributed by atoms with Gasteiger partial charge < -0.3 is 20.5 Å². The Balaban J connectivity index is 1.49. The summed E-state index contributed by atoms with van der Waals surface area (Å²) in [6.07, 6.45) is 1.56. The van der Waals surface area contributed by atoms with Gasteiger partial charge in [-0.25, -0.2) is 4.79 Å². The summed E-state index contributed by atoms with van der Waals surface area (Å²) in [4.78, 5) is 25.1. The molecule has 0 aromatic heterocycles. The van der Waals surface area contributed by atoms with E-state index in [-0.39, 0.29) is 30.7 Å². The lowest BCUT2D eigenvalue weighted by atomic mass is 9.85. The van der Waals surface area contributed by atoms with E-state index < -0.39 is 5.97 Å². The van der Waals surface area contributed by atoms with Gasteiger partial charge in [0.05, 0.1) is 12.6 Å². The maximum absolute atomic E-state index is 12.3. The van der Waals surface area contributed by atoms with Crippen molar-refractivity contribution < 1.29 is 19.4 Å². The molecule has 0 saturated heterocycles. The van der Waals surface area contributed by atoms with Crippen molar-refractivity contribution in [3.8, 4) is 5.75 Å². The number of urea groups is 1. The number of aliphatic carboxylic acids is 1. The number of rotatable bonds is 6. The van der Waals surface area contributed by atoms with E-state index in [0.717, 1.165) is 29.7 Å². The number of likely N-dealkylation sites (N-methyl/N-ethyl adjacent to an activating group) is 1. The first-order valence-electron chi connectivity index (χ1n) is 9.14. The van der Waals surface area contributed by atoms with Gasteiger partial charge in [0, 0.05) is 17.6 Å². The Kier molecular flexibility index (Phi) is 5.36. The molecular formula is C19H27N3O4. The van der Waals surface area contributed by atoms with Crippen LogP contribution in [0.1, 0.15) is 42.5 Å². The Morgan fingerprint density at radius 1 is 1.27 bits per heavy atom. The molecule has 0 radical (unpaired) electrons. The zero-order valence-corrected chi connectivity index (χ0v) is 15.5. The van der Waals surface area contributed by atoms with Crippen molar-refractivity contribution in [2.75, 3.05) is 19.7 Å². The highest BCUT2D eigenvalue weighted by molar-refractivity contribution is 5.75. The van der Waals surface area contributed by atoms with Gasteiger partial charge in [-0.15, -0.1) is 0 Å². The van der Waals surface area contributed by atoms with Crippen molar-refractivity contribution >= 4 is 12.0 Å². The van der Waals surface area contributed by atoms with Crippen molar-refractivity contribution in [2.24, 2.45) is 0 Å². The number of nitrogens with zero attached hydrogens (tertiary/aromatic N) is 1. The van der Waals surface area contributed by atoms with E-state index in [2.05, 4.69) is 10.6 Å². The number of benzene rings is 1. The van der Waals surface area contributed by atoms with E-state index in [0.29, 0.717) is 13.2 Å². The van der Waals surface area contributed by atoms with Gasteiger partial charge in [0.25, 0.3) is 0 Å². The zero-order chi connectivity index (χ0) is 18.8. The monoisotopic (exact) mass is 361 g/mol. The summed E-state index contributed by atoms with van der Waals surface area (Å²) in [5, 5.41) is 14.9. The molecule has 1 aliphatic heterocycles. The van der Waals surface area contributed by atoms with E-state index in [4.69, 9.17) is 9.84 Å². The number of carboxylic acid groups (broad SMARTS) is 1. The maximum atomic E-state index is 12.3. The Bertz CT molecular complexity index is 700. The summed E-state index contributed by atoms with van der Waals surface area (Å²) in [5.74, 6) is 0.0673. The lowest BCUT2D eigenvalue weighted by molar-refractivity contribution is -0.139. The Morgan fingerprint density at radius 2 is 2.00 bits per heavy atom. The van der Waals surface area contributed by atoms with E-state index in [9.17, 15) is 9.59 Å². The van der Waals surface area contributed by atoms with Gasteiger partial charge in [0.15, 0.2) is 0 Å². The number of ether oxygens (including phenoxy) is 1. The Labute approximate surface area is 153 Å². The third-order valence-corrected chi connectivity index (χ3v) is 5.49. The van der Waals surface area contributed by atoms with Gasteiger partial charge in [-0.05, 0) is 44.4 Å². The molecular weight excluding hydrogens is 334 g/mol. The molecule has 1 aliphatic carbocycles. The molecule has 2 aliphatic rings. The molecule has 1 aromatic carbocycles. The normalized spacial score (nSPS) is 23.8. The number of carbonyl (C=O) groups is 2. The molecule has 7 nitrogen and oxygen atoms in total. The van der Waals surface area contributed by atoms with Crippen LogP contribution < -0.4 is 15.4 Å². The minimum absolute atomic E-state index is 0.0506. The minimum atomic E-state index is -0.813. The van der Waals surface area contributed by atoms with Gasteiger partial charge in [0.2, 0.25) is 0 Å². The van der Waals surface area contributed by atoms with Gasteiger partial charge in [0.1, 0.15) is 12.4 Å². The van der Waals surface area contributed by atoms with Gasteiger partial charge in [-0.2, -0.15) is 0 Å². The fraction of sp³-hybridized carbons (Fsp3) is 0.579. The number of aryl methyl sites for hydroxylation is 1. The quantitative estimate of drug-likeness (QED) is 0.721. The van der Waals surface area contributed by atoms with Gasteiger partial charge >= 0.3 is 12.0 Å². The molecule has 2 amide bonds. The number of hydrogen-bond donors (Lipinski definition) is 3. The van der Waals surface area contributed by atoms with E-state index in [1.54, 1.807) is 0 Å². The van der Waals surface area contributed by atoms with Crippen LogP contribution in [0.15, 0.2) is 12.1 Å². The van der Waals surface area contributed by atoms with Crippen molar-refractivity contribution in [3.63, 3.8) is 0 Å². The second-order valence-electron chi connectivity index (χ2n) is 7.19. The Hall–Kier alpha value is -2.28. The van der Waals surface area contributed by atoms with Crippen LogP contribution >= 0.6 is 0 Å². The molecule has 0 spiro atoms. The minimum Gasteiger partial charge on any atom is -0.490 e. The molecule has 1 fully saturated rings. The predicted octanol–water partition coefficient (Wildman–Crippen LogP) is 1.97. The van der Waals surface area contributed by atoms with Gasteiger partial charge in [-0.3, -0.25) is 9.69 Å². The lowest BCUT2D eigenvalue weighted by Crippen LogP contribution is -2.56. The standard InChI is InChI=1S/C19H27N3O4/c1-4-22(9-17(23)24)14-7-13(8-14)20-19(25)21-16-10-26-18-12(3)11(2)5-6-15(16)18/h5-6,13-14,16H,4,7-10H2,1-3H3,(H,23,24)(H2,20,21,25). The van der Waals surface area contributed by atoms with Crippen molar-refractivity contribution in [1.82, 2.24) is 15.5 Å². The van der Waals surface area contributed by atoms with E-state index in [1.165, 1.54) is 5.56 Å². The first-order valence-corrected chi connectivity index (χ1v) is 9.14. The summed E-state index contributed by atoms with van der Waals surface area (Å²) in [7, 11) is 0. The second-order valence-corrected chi connectivity index (χ2v) is 7.19. The number of amides is 2. The summed E-state index contributed by atoms with van der Waals surface area (Å²) in [5.41, 5.74) is 3.32. The van der Waals surface area contributed by atoms with Crippen LogP contribution in [-0.2, 0) is 4.79 Å². The zero-order valence-electron chi connectivity index (χ0n) is 15.5. The molecule has 3 rings (SSSR count). The molecule has 142 valence electrons. The lowest BCUT2D eigenvalue weighted by Gasteiger charge is -2.42. The number of carboxylic acids is 1. The van der Waals surface area contributed by atoms with Crippen LogP contribution in [0.4, 0.5) is 4.79 Å². The van der Waals surface area contributed by atoms with Crippen LogP contribution in [0.5, 0.6) is 5.75 Å². The number of carbonyl (C=O) groups excluding carboxylic acids is 1. The molecule has 1 aromatic rings. The third-order valence-electron chi connectivity index (χ3n) is 5.49. The molecule has 7 heteroatoms. The van der Waals surface area contributed by atoms with E-state index in [1.807, 2.05) is 37.8 Å². The Morgan fingerprint density at radius 3 is 2.65 bits per heavy atom. The topological polar surface area (TPSA) is 90.9 Å². The maximum Gasteiger partial charge on any atom is 0.317 e. The fourth-order valence-corrected chi connectivity index (χ4v) is 3.71. The predicted molar refractivity (Wildman–Crippen MR) is 97.5 cm³/mol. The summed E-state index contributed by atoms with van der Waals surface area (Å²) >= 11 is 0. The van der Waals surface area contributed by atoms with Crippen molar-refractivity contribution in [3.05, 3.63) is 28.8 Å². The average molecular weight is 361 g/mol. The molecule has 26 heavy (non-hydrogen) atoms. The largest absolute Gasteiger partial charge is 0.490 e. The summed E-state index contributed by atoms with van der Waals surface area (Å²) in [6.45, 7) is 7.23. The molecule has 1 saturated carbocycles. The average Bonchev–Trinajstić information content (AvgIpc) is 2.95. The molecule has 1 unspecified atom stereocenters. The second kappa shape index (κ2) is 7.53. The van der Waals surface area contributed by atoms with E-state index >= 15 is 0 Å². The molecule has 0 bridgehead atoms. The van der Waals surface area contributed by atoms with Crippen LogP contribution in [0.25, 0.3) is 0 Å². The number of hydrogen-bond acceptors (Lipinski definition) is 4. The van der Waals surface area contributed by atoms with Crippen molar-refractivity contribution in [2.45, 2.75) is 51.7 Å². The number of nitrogens with one attached hydrogen (secondary N) is 2. The highest BCUT2D eigenvalue weighted by Crippen LogP contribution is 2.36. The van der Waals surface area contributed by atoms with Crippen LogP contribution in [0, 0.1) is 13.8 Å². The molecule has 1 atom stereocenters. The van der Waals surface area contributed by atoms with Crippen LogP contribution in [0.3, 0.4) is 0 Å². The highest BCUT2D eigenvalue weighted by atomic mass is 16.5. The van der Waals surface area contributed by atoms with Crippen LogP contribution in [-0.4, -0.2) is 53.8 Å². The highest BCUT2D eigenvalue weighted by Gasteiger charge is 2.35. The summed E-state index contributed by atoms with van der Waals surface area (Å²) < 4.78 is 5.76. The van der Waals surface area contributed by atoms with Crippen LogP contribution in [0.2, 0.25) is 0 Å². The molecule has 1 heterocycles. The smallest absolute Gasteiger partial charge is 0.317 e. The van der Waals surface area contributed by atoms with Gasteiger partial charge in [-0.1, -0.05) is 19.1 Å². The SMILES string of the molecule is CCN(CC(=O)O)C1CC(NC(=O)NC2COc3c2ccc(C)c3C)C1. The first-order chi connectivity index (χ1) is 12.4. The fourth-order valence-electron chi connectivity index (χ4n) is 3.71. The molecule has 3 N–H and O–H groups in total. The number of fused-ring (bicyclic) bond motifs is 1.